The Morgan fingerprint density at radius 2 is 1.73 bits per heavy atom. The summed E-state index contributed by atoms with van der Waals surface area (Å²) in [5.41, 5.74) is 0.348. The normalized spacial score (nSPS) is 16.0. The van der Waals surface area contributed by atoms with Crippen molar-refractivity contribution in [3.63, 3.8) is 0 Å². The van der Waals surface area contributed by atoms with Gasteiger partial charge in [-0.2, -0.15) is 13.2 Å². The van der Waals surface area contributed by atoms with Crippen molar-refractivity contribution in [1.82, 2.24) is 9.88 Å². The molecule has 3 rings (SSSR count). The number of likely N-dealkylation sites (tertiary alicyclic amines) is 1. The van der Waals surface area contributed by atoms with Gasteiger partial charge in [0.1, 0.15) is 4.90 Å². The fourth-order valence-electron chi connectivity index (χ4n) is 3.35. The quantitative estimate of drug-likeness (QED) is 0.631. The summed E-state index contributed by atoms with van der Waals surface area (Å²) in [6.07, 6.45) is -2.04. The second kappa shape index (κ2) is 8.72. The minimum atomic E-state index is -4.27. The van der Waals surface area contributed by atoms with E-state index in [9.17, 15) is 26.4 Å². The summed E-state index contributed by atoms with van der Waals surface area (Å²) in [5.74, 6) is -2.39. The van der Waals surface area contributed by atoms with Gasteiger partial charge in [-0.05, 0) is 36.6 Å². The van der Waals surface area contributed by atoms with Crippen LogP contribution in [0, 0.1) is 5.92 Å². The molecule has 2 heterocycles. The molecule has 5 nitrogen and oxygen atoms in total. The predicted octanol–water partition coefficient (Wildman–Crippen LogP) is 4.78. The highest BCUT2D eigenvalue weighted by atomic mass is 35.5. The Balaban J connectivity index is 1.76. The predicted molar refractivity (Wildman–Crippen MR) is 106 cm³/mol. The number of pyridine rings is 1. The molecule has 1 amide bonds. The summed E-state index contributed by atoms with van der Waals surface area (Å²) in [7, 11) is -3.92. The fourth-order valence-corrected chi connectivity index (χ4v) is 5.92. The summed E-state index contributed by atoms with van der Waals surface area (Å²) in [5, 5.41) is -0.0366. The number of alkyl halides is 3. The van der Waals surface area contributed by atoms with Crippen molar-refractivity contribution in [2.45, 2.75) is 29.7 Å². The van der Waals surface area contributed by atoms with Gasteiger partial charge in [0.05, 0.1) is 27.3 Å². The van der Waals surface area contributed by atoms with Crippen molar-refractivity contribution in [3.05, 3.63) is 57.8 Å². The van der Waals surface area contributed by atoms with E-state index < -0.39 is 33.6 Å². The van der Waals surface area contributed by atoms with Crippen LogP contribution in [0.25, 0.3) is 0 Å². The largest absolute Gasteiger partial charge is 0.391 e. The molecule has 11 heteroatoms. The van der Waals surface area contributed by atoms with E-state index in [1.165, 1.54) is 41.6 Å². The Hall–Kier alpha value is -1.84. The van der Waals surface area contributed by atoms with E-state index in [4.69, 9.17) is 23.2 Å². The molecular weight excluding hydrogens is 464 g/mol. The maximum Gasteiger partial charge on any atom is 0.391 e. The van der Waals surface area contributed by atoms with Gasteiger partial charge in [-0.1, -0.05) is 29.3 Å². The van der Waals surface area contributed by atoms with Gasteiger partial charge in [0.15, 0.2) is 9.84 Å². The molecular formula is C19H17Cl2F3N2O3S. The highest BCUT2D eigenvalue weighted by Crippen LogP contribution is 2.35. The number of halogens is 5. The number of benzene rings is 1. The minimum absolute atomic E-state index is 0.0183. The average molecular weight is 481 g/mol. The van der Waals surface area contributed by atoms with Crippen LogP contribution in [0.15, 0.2) is 41.6 Å². The first-order chi connectivity index (χ1) is 14.0. The van der Waals surface area contributed by atoms with Crippen LogP contribution >= 0.6 is 23.2 Å². The average Bonchev–Trinajstić information content (AvgIpc) is 2.66. The minimum Gasteiger partial charge on any atom is -0.339 e. The number of hydrogen-bond donors (Lipinski definition) is 0. The van der Waals surface area contributed by atoms with E-state index in [2.05, 4.69) is 4.98 Å². The second-order valence-corrected chi connectivity index (χ2v) is 9.74. The number of amides is 1. The van der Waals surface area contributed by atoms with Gasteiger partial charge < -0.3 is 4.90 Å². The van der Waals surface area contributed by atoms with Crippen LogP contribution in [0.3, 0.4) is 0 Å². The summed E-state index contributed by atoms with van der Waals surface area (Å²) in [4.78, 5) is 17.7. The number of nitrogens with zero attached hydrogens (tertiary/aromatic N) is 2. The van der Waals surface area contributed by atoms with E-state index in [0.29, 0.717) is 0 Å². The van der Waals surface area contributed by atoms with Gasteiger partial charge in [-0.25, -0.2) is 8.42 Å². The van der Waals surface area contributed by atoms with E-state index in [1.807, 2.05) is 0 Å². The van der Waals surface area contributed by atoms with E-state index in [1.54, 1.807) is 0 Å². The van der Waals surface area contributed by atoms with Gasteiger partial charge >= 0.3 is 6.18 Å². The van der Waals surface area contributed by atoms with Crippen LogP contribution in [-0.2, 0) is 15.6 Å². The molecule has 0 radical (unpaired) electrons. The summed E-state index contributed by atoms with van der Waals surface area (Å²) < 4.78 is 63.9. The number of hydrogen-bond acceptors (Lipinski definition) is 4. The molecule has 0 bridgehead atoms. The van der Waals surface area contributed by atoms with Crippen LogP contribution in [0.1, 0.15) is 28.8 Å². The first-order valence-corrected chi connectivity index (χ1v) is 11.4. The standard InChI is InChI=1S/C19H17Cl2F3N2O3S/c20-15-2-1-3-16(21)17(15)30(28,29)11-12-8-13(10-25-9-12)18(27)26-6-4-14(5-7-26)19(22,23)24/h1-3,8-10,14H,4-7,11H2. The molecule has 0 saturated carbocycles. The molecule has 1 aromatic heterocycles. The van der Waals surface area contributed by atoms with Gasteiger partial charge in [-0.15, -0.1) is 0 Å². The number of carbonyl (C=O) groups excluding carboxylic acids is 1. The summed E-state index contributed by atoms with van der Waals surface area (Å²) in [6.45, 7) is -0.0540. The van der Waals surface area contributed by atoms with Gasteiger partial charge in [-0.3, -0.25) is 9.78 Å². The highest BCUT2D eigenvalue weighted by molar-refractivity contribution is 7.90. The van der Waals surface area contributed by atoms with Crippen molar-refractivity contribution in [1.29, 1.82) is 0 Å². The van der Waals surface area contributed by atoms with Crippen molar-refractivity contribution in [2.24, 2.45) is 5.92 Å². The zero-order chi connectivity index (χ0) is 22.1. The van der Waals surface area contributed by atoms with E-state index in [-0.39, 0.29) is 52.0 Å². The molecule has 0 unspecified atom stereocenters. The SMILES string of the molecule is O=C(c1cncc(CS(=O)(=O)c2c(Cl)cccc2Cl)c1)N1CCC(C(F)(F)F)CC1. The Labute approximate surface area is 181 Å². The molecule has 162 valence electrons. The Morgan fingerprint density at radius 1 is 1.13 bits per heavy atom. The van der Waals surface area contributed by atoms with Crippen LogP contribution in [0.2, 0.25) is 10.0 Å². The van der Waals surface area contributed by atoms with Crippen LogP contribution in [0.4, 0.5) is 13.2 Å². The number of aromatic nitrogens is 1. The molecule has 30 heavy (non-hydrogen) atoms. The zero-order valence-corrected chi connectivity index (χ0v) is 17.8. The third-order valence-corrected chi connectivity index (χ3v) is 7.50. The van der Waals surface area contributed by atoms with Gasteiger partial charge in [0.2, 0.25) is 0 Å². The Morgan fingerprint density at radius 3 is 2.30 bits per heavy atom. The molecule has 1 fully saturated rings. The fraction of sp³-hybridized carbons (Fsp3) is 0.368. The van der Waals surface area contributed by atoms with Crippen LogP contribution < -0.4 is 0 Å². The maximum atomic E-state index is 12.8. The smallest absolute Gasteiger partial charge is 0.339 e. The van der Waals surface area contributed by atoms with Crippen LogP contribution in [0.5, 0.6) is 0 Å². The van der Waals surface area contributed by atoms with Crippen molar-refractivity contribution in [2.75, 3.05) is 13.1 Å². The molecule has 0 aliphatic carbocycles. The molecule has 0 N–H and O–H groups in total. The summed E-state index contributed by atoms with van der Waals surface area (Å²) in [6, 6.07) is 5.70. The molecule has 1 saturated heterocycles. The second-order valence-electron chi connectivity index (χ2n) is 7.00. The van der Waals surface area contributed by atoms with E-state index >= 15 is 0 Å². The van der Waals surface area contributed by atoms with Crippen LogP contribution in [-0.4, -0.2) is 43.5 Å². The third-order valence-electron chi connectivity index (χ3n) is 4.87. The van der Waals surface area contributed by atoms with Crippen molar-refractivity contribution in [3.8, 4) is 0 Å². The molecule has 1 aromatic carbocycles. The third kappa shape index (κ3) is 5.07. The number of carbonyl (C=O) groups is 1. The first kappa shape index (κ1) is 22.8. The number of sulfone groups is 1. The molecule has 2 aromatic rings. The lowest BCUT2D eigenvalue weighted by molar-refractivity contribution is -0.183. The Kier molecular flexibility index (Phi) is 6.64. The first-order valence-electron chi connectivity index (χ1n) is 8.96. The van der Waals surface area contributed by atoms with E-state index in [0.717, 1.165) is 0 Å². The maximum absolute atomic E-state index is 12.8. The Bertz CT molecular complexity index is 1030. The monoisotopic (exact) mass is 480 g/mol. The zero-order valence-electron chi connectivity index (χ0n) is 15.5. The summed E-state index contributed by atoms with van der Waals surface area (Å²) >= 11 is 12.0. The number of rotatable bonds is 4. The molecule has 0 spiro atoms. The topological polar surface area (TPSA) is 67.3 Å². The van der Waals surface area contributed by atoms with Gasteiger partial charge in [0.25, 0.3) is 5.91 Å². The lowest BCUT2D eigenvalue weighted by Crippen LogP contribution is -2.42. The lowest BCUT2D eigenvalue weighted by atomic mass is 9.96. The molecule has 1 aliphatic rings. The van der Waals surface area contributed by atoms with Gasteiger partial charge in [0, 0.05) is 25.5 Å². The highest BCUT2D eigenvalue weighted by Gasteiger charge is 2.41. The lowest BCUT2D eigenvalue weighted by Gasteiger charge is -2.32. The molecule has 1 aliphatic heterocycles. The van der Waals surface area contributed by atoms with Crippen molar-refractivity contribution >= 4 is 38.9 Å². The number of piperidine rings is 1. The molecule has 0 atom stereocenters. The van der Waals surface area contributed by atoms with Crippen molar-refractivity contribution < 1.29 is 26.4 Å².